The van der Waals surface area contributed by atoms with Gasteiger partial charge in [0.15, 0.2) is 0 Å². The lowest BCUT2D eigenvalue weighted by atomic mass is 10.1. The fourth-order valence-corrected chi connectivity index (χ4v) is 2.29. The van der Waals surface area contributed by atoms with E-state index in [0.717, 1.165) is 22.0 Å². The van der Waals surface area contributed by atoms with Gasteiger partial charge in [-0.15, -0.1) is 13.2 Å². The van der Waals surface area contributed by atoms with Crippen LogP contribution in [0, 0.1) is 13.8 Å². The summed E-state index contributed by atoms with van der Waals surface area (Å²) in [4.78, 5) is 8.47. The molecule has 0 amide bonds. The van der Waals surface area contributed by atoms with Gasteiger partial charge in [-0.05, 0) is 61.4 Å². The minimum Gasteiger partial charge on any atom is -0.406 e. The van der Waals surface area contributed by atoms with E-state index in [1.54, 1.807) is 0 Å². The molecule has 124 valence electrons. The molecule has 1 aromatic heterocycles. The Bertz CT molecular complexity index is 877. The molecule has 0 bridgehead atoms. The molecular formula is C17H14F3N3O. The molecule has 0 aliphatic rings. The van der Waals surface area contributed by atoms with Crippen molar-refractivity contribution >= 4 is 22.4 Å². The lowest BCUT2D eigenvalue weighted by Gasteiger charge is -2.12. The van der Waals surface area contributed by atoms with Gasteiger partial charge >= 0.3 is 6.36 Å². The Morgan fingerprint density at radius 2 is 1.62 bits per heavy atom. The molecule has 0 aliphatic heterocycles. The van der Waals surface area contributed by atoms with Crippen molar-refractivity contribution < 1.29 is 17.9 Å². The first kappa shape index (κ1) is 16.0. The van der Waals surface area contributed by atoms with Crippen molar-refractivity contribution in [3.05, 3.63) is 53.9 Å². The lowest BCUT2D eigenvalue weighted by molar-refractivity contribution is -0.274. The molecule has 3 rings (SSSR count). The lowest BCUT2D eigenvalue weighted by Crippen LogP contribution is -2.16. The van der Waals surface area contributed by atoms with Crippen LogP contribution in [0.5, 0.6) is 5.75 Å². The average molecular weight is 333 g/mol. The molecule has 0 aliphatic carbocycles. The van der Waals surface area contributed by atoms with Crippen molar-refractivity contribution in [2.24, 2.45) is 0 Å². The summed E-state index contributed by atoms with van der Waals surface area (Å²) in [5.74, 6) is 0.319. The van der Waals surface area contributed by atoms with E-state index in [1.807, 2.05) is 26.0 Å². The van der Waals surface area contributed by atoms with Crippen LogP contribution >= 0.6 is 0 Å². The highest BCUT2D eigenvalue weighted by molar-refractivity contribution is 5.91. The second kappa shape index (κ2) is 5.99. The topological polar surface area (TPSA) is 47.0 Å². The van der Waals surface area contributed by atoms with Crippen molar-refractivity contribution in [3.8, 4) is 5.75 Å². The maximum Gasteiger partial charge on any atom is 0.573 e. The Hall–Kier alpha value is -2.83. The highest BCUT2D eigenvalue weighted by Gasteiger charge is 2.30. The van der Waals surface area contributed by atoms with Crippen LogP contribution in [-0.4, -0.2) is 16.3 Å². The second-order valence-electron chi connectivity index (χ2n) is 5.37. The van der Waals surface area contributed by atoms with Gasteiger partial charge in [0.25, 0.3) is 0 Å². The zero-order valence-corrected chi connectivity index (χ0v) is 13.0. The molecule has 7 heteroatoms. The molecule has 3 aromatic rings. The van der Waals surface area contributed by atoms with Crippen molar-refractivity contribution in [1.29, 1.82) is 0 Å². The average Bonchev–Trinajstić information content (AvgIpc) is 2.50. The second-order valence-corrected chi connectivity index (χ2v) is 5.37. The zero-order chi connectivity index (χ0) is 17.3. The Balaban J connectivity index is 1.88. The minimum absolute atomic E-state index is 0.271. The van der Waals surface area contributed by atoms with Crippen LogP contribution in [0.15, 0.2) is 42.7 Å². The molecule has 4 nitrogen and oxygen atoms in total. The number of benzene rings is 2. The van der Waals surface area contributed by atoms with Gasteiger partial charge in [-0.3, -0.25) is 0 Å². The van der Waals surface area contributed by atoms with E-state index >= 15 is 0 Å². The highest BCUT2D eigenvalue weighted by Crippen LogP contribution is 2.28. The first-order valence-corrected chi connectivity index (χ1v) is 7.16. The fourth-order valence-electron chi connectivity index (χ4n) is 2.29. The van der Waals surface area contributed by atoms with E-state index in [9.17, 15) is 13.2 Å². The van der Waals surface area contributed by atoms with Crippen molar-refractivity contribution in [2.45, 2.75) is 20.2 Å². The van der Waals surface area contributed by atoms with Crippen LogP contribution in [0.1, 0.15) is 11.1 Å². The predicted molar refractivity (Wildman–Crippen MR) is 85.4 cm³/mol. The number of anilines is 2. The van der Waals surface area contributed by atoms with E-state index in [4.69, 9.17) is 0 Å². The quantitative estimate of drug-likeness (QED) is 0.741. The molecule has 0 unspecified atom stereocenters. The predicted octanol–water partition coefficient (Wildman–Crippen LogP) is 4.89. The zero-order valence-electron chi connectivity index (χ0n) is 13.0. The third-order valence-electron chi connectivity index (χ3n) is 3.60. The van der Waals surface area contributed by atoms with Gasteiger partial charge in [0.1, 0.15) is 17.9 Å². The number of rotatable bonds is 3. The number of nitrogens with zero attached hydrogens (tertiary/aromatic N) is 2. The molecule has 2 aromatic carbocycles. The van der Waals surface area contributed by atoms with Gasteiger partial charge < -0.3 is 10.1 Å². The monoisotopic (exact) mass is 333 g/mol. The van der Waals surface area contributed by atoms with Crippen LogP contribution in [0.2, 0.25) is 0 Å². The number of hydrogen-bond acceptors (Lipinski definition) is 4. The first-order chi connectivity index (χ1) is 11.3. The van der Waals surface area contributed by atoms with Crippen molar-refractivity contribution in [1.82, 2.24) is 9.97 Å². The van der Waals surface area contributed by atoms with Gasteiger partial charge in [-0.25, -0.2) is 9.97 Å². The van der Waals surface area contributed by atoms with Crippen LogP contribution in [0.25, 0.3) is 10.9 Å². The van der Waals surface area contributed by atoms with Gasteiger partial charge in [0.2, 0.25) is 0 Å². The summed E-state index contributed by atoms with van der Waals surface area (Å²) < 4.78 is 40.4. The van der Waals surface area contributed by atoms with E-state index in [0.29, 0.717) is 11.5 Å². The molecule has 0 atom stereocenters. The normalized spacial score (nSPS) is 11.5. The third kappa shape index (κ3) is 3.56. The Morgan fingerprint density at radius 1 is 0.958 bits per heavy atom. The Labute approximate surface area is 136 Å². The van der Waals surface area contributed by atoms with Crippen molar-refractivity contribution in [2.75, 3.05) is 5.32 Å². The van der Waals surface area contributed by atoms with Crippen molar-refractivity contribution in [3.63, 3.8) is 0 Å². The summed E-state index contributed by atoms with van der Waals surface area (Å²) >= 11 is 0. The number of alkyl halides is 3. The SMILES string of the molecule is Cc1cc2ncnc(Nc3ccc(OC(F)(F)F)cc3)c2cc1C. The molecule has 24 heavy (non-hydrogen) atoms. The van der Waals surface area contributed by atoms with Gasteiger partial charge in [0.05, 0.1) is 5.52 Å². The van der Waals surface area contributed by atoms with Gasteiger partial charge in [-0.2, -0.15) is 0 Å². The number of ether oxygens (including phenoxy) is 1. The minimum atomic E-state index is -4.70. The molecule has 0 spiro atoms. The molecule has 0 saturated heterocycles. The summed E-state index contributed by atoms with van der Waals surface area (Å²) in [7, 11) is 0. The van der Waals surface area contributed by atoms with Gasteiger partial charge in [0, 0.05) is 11.1 Å². The van der Waals surface area contributed by atoms with Crippen LogP contribution in [0.3, 0.4) is 0 Å². The van der Waals surface area contributed by atoms with Gasteiger partial charge in [-0.1, -0.05) is 0 Å². The number of aromatic nitrogens is 2. The highest BCUT2D eigenvalue weighted by atomic mass is 19.4. The Morgan fingerprint density at radius 3 is 2.29 bits per heavy atom. The Kier molecular flexibility index (Phi) is 4.01. The van der Waals surface area contributed by atoms with E-state index in [1.165, 1.54) is 30.6 Å². The standard InChI is InChI=1S/C17H14F3N3O/c1-10-7-14-15(8-11(10)2)21-9-22-16(14)23-12-3-5-13(6-4-12)24-17(18,19)20/h3-9H,1-2H3,(H,21,22,23). The van der Waals surface area contributed by atoms with E-state index in [2.05, 4.69) is 20.0 Å². The number of fused-ring (bicyclic) bond motifs is 1. The number of hydrogen-bond donors (Lipinski definition) is 1. The molecule has 1 heterocycles. The van der Waals surface area contributed by atoms with E-state index < -0.39 is 6.36 Å². The molecule has 0 saturated carbocycles. The maximum atomic E-state index is 12.2. The maximum absolute atomic E-state index is 12.2. The van der Waals surface area contributed by atoms with Crippen LogP contribution < -0.4 is 10.1 Å². The molecule has 0 fully saturated rings. The molecular weight excluding hydrogens is 319 g/mol. The number of halogens is 3. The summed E-state index contributed by atoms with van der Waals surface area (Å²) in [6, 6.07) is 9.43. The first-order valence-electron chi connectivity index (χ1n) is 7.16. The smallest absolute Gasteiger partial charge is 0.406 e. The summed E-state index contributed by atoms with van der Waals surface area (Å²) in [5, 5.41) is 3.94. The molecule has 0 radical (unpaired) electrons. The summed E-state index contributed by atoms with van der Waals surface area (Å²) in [6.07, 6.45) is -3.26. The summed E-state index contributed by atoms with van der Waals surface area (Å²) in [6.45, 7) is 4.00. The number of aryl methyl sites for hydroxylation is 2. The number of nitrogens with one attached hydrogen (secondary N) is 1. The van der Waals surface area contributed by atoms with Crippen LogP contribution in [0.4, 0.5) is 24.7 Å². The molecule has 1 N–H and O–H groups in total. The summed E-state index contributed by atoms with van der Waals surface area (Å²) in [5.41, 5.74) is 3.63. The van der Waals surface area contributed by atoms with Crippen LogP contribution in [-0.2, 0) is 0 Å². The largest absolute Gasteiger partial charge is 0.573 e. The third-order valence-corrected chi connectivity index (χ3v) is 3.60. The van der Waals surface area contributed by atoms with E-state index in [-0.39, 0.29) is 5.75 Å². The fraction of sp³-hybridized carbons (Fsp3) is 0.176.